The monoisotopic (exact) mass is 242 g/mol. The van der Waals surface area contributed by atoms with Crippen molar-refractivity contribution in [3.05, 3.63) is 42.2 Å². The minimum atomic E-state index is 0.0581. The Labute approximate surface area is 110 Å². The minimum absolute atomic E-state index is 0.0581. The molecule has 18 heavy (non-hydrogen) atoms. The standard InChI is InChI=1S/C16H22N2/c1-12(2)13-6-8-14(9-7-13)15-17-10-11-18(15)16(3,4)5/h6-12H,1-5H3. The fourth-order valence-corrected chi connectivity index (χ4v) is 2.08. The minimum Gasteiger partial charge on any atom is -0.326 e. The molecule has 2 rings (SSSR count). The highest BCUT2D eigenvalue weighted by Crippen LogP contribution is 2.25. The molecule has 0 amide bonds. The van der Waals surface area contributed by atoms with Crippen LogP contribution >= 0.6 is 0 Å². The van der Waals surface area contributed by atoms with Crippen LogP contribution in [0.25, 0.3) is 11.4 Å². The lowest BCUT2D eigenvalue weighted by Gasteiger charge is -2.23. The van der Waals surface area contributed by atoms with Crippen molar-refractivity contribution in [2.24, 2.45) is 0 Å². The molecule has 0 unspecified atom stereocenters. The van der Waals surface area contributed by atoms with Crippen LogP contribution in [-0.2, 0) is 5.54 Å². The molecule has 1 aromatic carbocycles. The van der Waals surface area contributed by atoms with Gasteiger partial charge in [0.2, 0.25) is 0 Å². The Morgan fingerprint density at radius 2 is 1.67 bits per heavy atom. The first-order valence-corrected chi connectivity index (χ1v) is 6.54. The van der Waals surface area contributed by atoms with Crippen molar-refractivity contribution in [2.75, 3.05) is 0 Å². The topological polar surface area (TPSA) is 17.8 Å². The molecule has 0 saturated heterocycles. The normalized spacial score (nSPS) is 12.1. The van der Waals surface area contributed by atoms with E-state index in [1.807, 2.05) is 12.4 Å². The van der Waals surface area contributed by atoms with Crippen LogP contribution in [0.5, 0.6) is 0 Å². The number of imidazole rings is 1. The maximum absolute atomic E-state index is 4.49. The van der Waals surface area contributed by atoms with Gasteiger partial charge in [0.25, 0.3) is 0 Å². The third-order valence-corrected chi connectivity index (χ3v) is 3.20. The molecule has 0 bridgehead atoms. The van der Waals surface area contributed by atoms with Gasteiger partial charge in [0.15, 0.2) is 0 Å². The highest BCUT2D eigenvalue weighted by Gasteiger charge is 2.17. The van der Waals surface area contributed by atoms with Crippen molar-refractivity contribution in [1.82, 2.24) is 9.55 Å². The van der Waals surface area contributed by atoms with Crippen molar-refractivity contribution >= 4 is 0 Å². The molecular weight excluding hydrogens is 220 g/mol. The van der Waals surface area contributed by atoms with Gasteiger partial charge >= 0.3 is 0 Å². The summed E-state index contributed by atoms with van der Waals surface area (Å²) < 4.78 is 2.22. The Balaban J connectivity index is 2.41. The van der Waals surface area contributed by atoms with Gasteiger partial charge in [-0.3, -0.25) is 0 Å². The number of benzene rings is 1. The van der Waals surface area contributed by atoms with Gasteiger partial charge in [-0.05, 0) is 32.3 Å². The van der Waals surface area contributed by atoms with E-state index in [0.29, 0.717) is 5.92 Å². The van der Waals surface area contributed by atoms with Crippen LogP contribution in [0.1, 0.15) is 46.1 Å². The quantitative estimate of drug-likeness (QED) is 0.761. The zero-order valence-corrected chi connectivity index (χ0v) is 11.9. The first-order chi connectivity index (χ1) is 8.39. The molecular formula is C16H22N2. The number of nitrogens with zero attached hydrogens (tertiary/aromatic N) is 2. The molecule has 0 fully saturated rings. The summed E-state index contributed by atoms with van der Waals surface area (Å²) >= 11 is 0. The van der Waals surface area contributed by atoms with Crippen molar-refractivity contribution in [2.45, 2.75) is 46.1 Å². The summed E-state index contributed by atoms with van der Waals surface area (Å²) in [6, 6.07) is 8.73. The van der Waals surface area contributed by atoms with E-state index in [9.17, 15) is 0 Å². The highest BCUT2D eigenvalue weighted by molar-refractivity contribution is 5.56. The Morgan fingerprint density at radius 1 is 1.06 bits per heavy atom. The molecule has 96 valence electrons. The second kappa shape index (κ2) is 4.60. The largest absolute Gasteiger partial charge is 0.326 e. The molecule has 0 atom stereocenters. The molecule has 0 aliphatic rings. The Hall–Kier alpha value is -1.57. The van der Waals surface area contributed by atoms with Crippen molar-refractivity contribution < 1.29 is 0 Å². The fourth-order valence-electron chi connectivity index (χ4n) is 2.08. The SMILES string of the molecule is CC(C)c1ccc(-c2nccn2C(C)(C)C)cc1. The first kappa shape index (κ1) is 12.9. The molecule has 1 heterocycles. The van der Waals surface area contributed by atoms with E-state index >= 15 is 0 Å². The summed E-state index contributed by atoms with van der Waals surface area (Å²) in [6.07, 6.45) is 3.92. The van der Waals surface area contributed by atoms with Gasteiger partial charge in [-0.1, -0.05) is 38.1 Å². The van der Waals surface area contributed by atoms with Gasteiger partial charge in [-0.25, -0.2) is 4.98 Å². The smallest absolute Gasteiger partial charge is 0.140 e. The van der Waals surface area contributed by atoms with E-state index in [-0.39, 0.29) is 5.54 Å². The number of aromatic nitrogens is 2. The molecule has 0 N–H and O–H groups in total. The maximum Gasteiger partial charge on any atom is 0.140 e. The van der Waals surface area contributed by atoms with Crippen LogP contribution in [0.15, 0.2) is 36.7 Å². The van der Waals surface area contributed by atoms with Gasteiger partial charge in [0.1, 0.15) is 5.82 Å². The third-order valence-electron chi connectivity index (χ3n) is 3.20. The molecule has 0 radical (unpaired) electrons. The predicted octanol–water partition coefficient (Wildman–Crippen LogP) is 4.43. The van der Waals surface area contributed by atoms with Gasteiger partial charge in [-0.15, -0.1) is 0 Å². The van der Waals surface area contributed by atoms with Gasteiger partial charge in [-0.2, -0.15) is 0 Å². The second-order valence-electron chi connectivity index (χ2n) is 6.07. The van der Waals surface area contributed by atoms with Crippen molar-refractivity contribution in [1.29, 1.82) is 0 Å². The number of hydrogen-bond donors (Lipinski definition) is 0. The zero-order chi connectivity index (χ0) is 13.3. The van der Waals surface area contributed by atoms with Gasteiger partial charge in [0.05, 0.1) is 0 Å². The molecule has 0 spiro atoms. The molecule has 0 saturated carbocycles. The van der Waals surface area contributed by atoms with Crippen LogP contribution in [-0.4, -0.2) is 9.55 Å². The Morgan fingerprint density at radius 3 is 2.17 bits per heavy atom. The molecule has 2 aromatic rings. The van der Waals surface area contributed by atoms with E-state index in [4.69, 9.17) is 0 Å². The van der Waals surface area contributed by atoms with E-state index in [1.165, 1.54) is 11.1 Å². The summed E-state index contributed by atoms with van der Waals surface area (Å²) in [5.74, 6) is 1.61. The Kier molecular flexibility index (Phi) is 3.29. The van der Waals surface area contributed by atoms with E-state index in [2.05, 4.69) is 68.4 Å². The lowest BCUT2D eigenvalue weighted by molar-refractivity contribution is 0.401. The Bertz CT molecular complexity index is 513. The summed E-state index contributed by atoms with van der Waals surface area (Å²) in [4.78, 5) is 4.49. The maximum atomic E-state index is 4.49. The van der Waals surface area contributed by atoms with E-state index < -0.39 is 0 Å². The lowest BCUT2D eigenvalue weighted by Crippen LogP contribution is -2.21. The average Bonchev–Trinajstić information content (AvgIpc) is 2.77. The van der Waals surface area contributed by atoms with Crippen LogP contribution in [0.2, 0.25) is 0 Å². The molecule has 2 heteroatoms. The van der Waals surface area contributed by atoms with Crippen molar-refractivity contribution in [3.8, 4) is 11.4 Å². The molecule has 0 aliphatic carbocycles. The van der Waals surface area contributed by atoms with Crippen molar-refractivity contribution in [3.63, 3.8) is 0 Å². The number of rotatable bonds is 2. The number of hydrogen-bond acceptors (Lipinski definition) is 1. The van der Waals surface area contributed by atoms with Gasteiger partial charge < -0.3 is 4.57 Å². The van der Waals surface area contributed by atoms with Gasteiger partial charge in [0, 0.05) is 23.5 Å². The molecule has 0 aliphatic heterocycles. The summed E-state index contributed by atoms with van der Waals surface area (Å²) in [5.41, 5.74) is 2.61. The van der Waals surface area contributed by atoms with Crippen LogP contribution < -0.4 is 0 Å². The lowest BCUT2D eigenvalue weighted by atomic mass is 10.0. The molecule has 1 aromatic heterocycles. The summed E-state index contributed by atoms with van der Waals surface area (Å²) in [7, 11) is 0. The molecule has 2 nitrogen and oxygen atoms in total. The van der Waals surface area contributed by atoms with E-state index in [1.54, 1.807) is 0 Å². The second-order valence-corrected chi connectivity index (χ2v) is 6.07. The predicted molar refractivity (Wildman–Crippen MR) is 76.7 cm³/mol. The summed E-state index contributed by atoms with van der Waals surface area (Å²) in [5, 5.41) is 0. The third kappa shape index (κ3) is 2.47. The van der Waals surface area contributed by atoms with E-state index in [0.717, 1.165) is 5.82 Å². The fraction of sp³-hybridized carbons (Fsp3) is 0.438. The van der Waals surface area contributed by atoms with Crippen LogP contribution in [0, 0.1) is 0 Å². The highest BCUT2D eigenvalue weighted by atomic mass is 15.1. The first-order valence-electron chi connectivity index (χ1n) is 6.54. The zero-order valence-electron chi connectivity index (χ0n) is 11.9. The van der Waals surface area contributed by atoms with Crippen LogP contribution in [0.4, 0.5) is 0 Å². The van der Waals surface area contributed by atoms with Crippen LogP contribution in [0.3, 0.4) is 0 Å². The average molecular weight is 242 g/mol. The summed E-state index contributed by atoms with van der Waals surface area (Å²) in [6.45, 7) is 11.0.